The van der Waals surface area contributed by atoms with Crippen molar-refractivity contribution in [3.8, 4) is 0 Å². The number of rotatable bonds is 3. The van der Waals surface area contributed by atoms with E-state index in [-0.39, 0.29) is 29.6 Å². The molecule has 1 aromatic carbocycles. The number of nitro benzene ring substituents is 1. The number of carbonyl (C=O) groups excluding carboxylic acids is 2. The third-order valence-electron chi connectivity index (χ3n) is 5.70. The quantitative estimate of drug-likeness (QED) is 0.644. The van der Waals surface area contributed by atoms with Gasteiger partial charge in [-0.3, -0.25) is 19.7 Å². The molecule has 2 aromatic rings. The molecular formula is C19H21N5O4. The van der Waals surface area contributed by atoms with Crippen molar-refractivity contribution in [3.05, 3.63) is 57.2 Å². The maximum Gasteiger partial charge on any atom is 0.273 e. The number of aromatic nitrogens is 2. The summed E-state index contributed by atoms with van der Waals surface area (Å²) in [5.41, 5.74) is 2.00. The van der Waals surface area contributed by atoms with E-state index >= 15 is 0 Å². The maximum absolute atomic E-state index is 13.1. The van der Waals surface area contributed by atoms with E-state index in [4.69, 9.17) is 0 Å². The van der Waals surface area contributed by atoms with Gasteiger partial charge in [-0.2, -0.15) is 0 Å². The van der Waals surface area contributed by atoms with Gasteiger partial charge in [-0.1, -0.05) is 0 Å². The van der Waals surface area contributed by atoms with Crippen LogP contribution in [0.15, 0.2) is 24.7 Å². The van der Waals surface area contributed by atoms with Gasteiger partial charge < -0.3 is 14.8 Å². The van der Waals surface area contributed by atoms with Gasteiger partial charge in [0.15, 0.2) is 0 Å². The van der Waals surface area contributed by atoms with Crippen molar-refractivity contribution in [1.29, 1.82) is 0 Å². The minimum Gasteiger partial charge on any atom is -0.341 e. The predicted octanol–water partition coefficient (Wildman–Crippen LogP) is 2.06. The monoisotopic (exact) mass is 383 g/mol. The maximum atomic E-state index is 13.1. The smallest absolute Gasteiger partial charge is 0.273 e. The average Bonchev–Trinajstić information content (AvgIpc) is 3.27. The fraction of sp³-hybridized carbons (Fsp3) is 0.421. The highest BCUT2D eigenvalue weighted by molar-refractivity contribution is 5.97. The van der Waals surface area contributed by atoms with Gasteiger partial charge in [-0.25, -0.2) is 4.98 Å². The van der Waals surface area contributed by atoms with Crippen molar-refractivity contribution in [2.24, 2.45) is 0 Å². The topological polar surface area (TPSA) is 112 Å². The summed E-state index contributed by atoms with van der Waals surface area (Å²) in [7, 11) is 0. The molecule has 2 aliphatic rings. The van der Waals surface area contributed by atoms with Gasteiger partial charge in [-0.15, -0.1) is 0 Å². The Bertz CT molecular complexity index is 941. The molecule has 2 atom stereocenters. The van der Waals surface area contributed by atoms with Gasteiger partial charge in [0, 0.05) is 30.3 Å². The van der Waals surface area contributed by atoms with Crippen LogP contribution >= 0.6 is 0 Å². The number of aryl methyl sites for hydroxylation is 2. The van der Waals surface area contributed by atoms with Crippen LogP contribution in [0.4, 0.5) is 5.69 Å². The number of hydrogen-bond acceptors (Lipinski definition) is 5. The highest BCUT2D eigenvalue weighted by Crippen LogP contribution is 2.33. The molecule has 9 nitrogen and oxygen atoms in total. The number of hydrogen-bond donors (Lipinski definition) is 1. The summed E-state index contributed by atoms with van der Waals surface area (Å²) in [6.07, 6.45) is 4.65. The van der Waals surface area contributed by atoms with Crippen molar-refractivity contribution < 1.29 is 14.5 Å². The minimum absolute atomic E-state index is 0.0509. The molecule has 2 saturated heterocycles. The van der Waals surface area contributed by atoms with Crippen LogP contribution in [0.2, 0.25) is 0 Å². The molecule has 0 aliphatic carbocycles. The third-order valence-corrected chi connectivity index (χ3v) is 5.70. The molecule has 2 bridgehead atoms. The lowest BCUT2D eigenvalue weighted by atomic mass is 10.0. The Morgan fingerprint density at radius 1 is 1.14 bits per heavy atom. The number of piperazine rings is 1. The van der Waals surface area contributed by atoms with Gasteiger partial charge in [0.1, 0.15) is 5.69 Å². The SMILES string of the molecule is Cc1cc(C)c([N+](=O)[O-])cc1C(=O)N1CC2CCC(C1)N2C(=O)c1cnc[nH]1. The number of amides is 2. The Hall–Kier alpha value is -3.23. The molecule has 0 saturated carbocycles. The van der Waals surface area contributed by atoms with Crippen LogP contribution in [0.3, 0.4) is 0 Å². The Morgan fingerprint density at radius 3 is 2.39 bits per heavy atom. The van der Waals surface area contributed by atoms with Crippen molar-refractivity contribution in [2.45, 2.75) is 38.8 Å². The van der Waals surface area contributed by atoms with E-state index in [1.165, 1.54) is 18.6 Å². The van der Waals surface area contributed by atoms with E-state index < -0.39 is 4.92 Å². The number of benzene rings is 1. The largest absolute Gasteiger partial charge is 0.341 e. The van der Waals surface area contributed by atoms with Crippen LogP contribution in [-0.2, 0) is 0 Å². The number of imidazole rings is 1. The summed E-state index contributed by atoms with van der Waals surface area (Å²) in [4.78, 5) is 47.0. The highest BCUT2D eigenvalue weighted by Gasteiger charge is 2.44. The van der Waals surface area contributed by atoms with E-state index in [2.05, 4.69) is 9.97 Å². The van der Waals surface area contributed by atoms with Crippen LogP contribution < -0.4 is 0 Å². The summed E-state index contributed by atoms with van der Waals surface area (Å²) in [6.45, 7) is 4.31. The van der Waals surface area contributed by atoms with E-state index in [1.807, 2.05) is 4.90 Å². The Kier molecular flexibility index (Phi) is 4.37. The van der Waals surface area contributed by atoms with Crippen LogP contribution in [0, 0.1) is 24.0 Å². The molecule has 4 rings (SSSR count). The number of fused-ring (bicyclic) bond motifs is 2. The lowest BCUT2D eigenvalue weighted by Gasteiger charge is -2.41. The van der Waals surface area contributed by atoms with E-state index in [0.717, 1.165) is 18.4 Å². The second-order valence-electron chi connectivity index (χ2n) is 7.48. The van der Waals surface area contributed by atoms with Crippen LogP contribution in [0.25, 0.3) is 0 Å². The van der Waals surface area contributed by atoms with Gasteiger partial charge in [0.2, 0.25) is 0 Å². The summed E-state index contributed by atoms with van der Waals surface area (Å²) < 4.78 is 0. The van der Waals surface area contributed by atoms with Gasteiger partial charge >= 0.3 is 0 Å². The molecule has 0 spiro atoms. The summed E-state index contributed by atoms with van der Waals surface area (Å²) in [5, 5.41) is 11.3. The first-order valence-corrected chi connectivity index (χ1v) is 9.22. The van der Waals surface area contributed by atoms with Gasteiger partial charge in [0.05, 0.1) is 29.5 Å². The molecule has 9 heteroatoms. The first-order valence-electron chi connectivity index (χ1n) is 9.22. The third kappa shape index (κ3) is 2.92. The zero-order valence-corrected chi connectivity index (χ0v) is 15.7. The van der Waals surface area contributed by atoms with Crippen molar-refractivity contribution >= 4 is 17.5 Å². The van der Waals surface area contributed by atoms with Gasteiger partial charge in [0.25, 0.3) is 17.5 Å². The summed E-state index contributed by atoms with van der Waals surface area (Å²) in [6, 6.07) is 2.94. The fourth-order valence-corrected chi connectivity index (χ4v) is 4.35. The van der Waals surface area contributed by atoms with Crippen molar-refractivity contribution in [3.63, 3.8) is 0 Å². The molecule has 0 radical (unpaired) electrons. The first kappa shape index (κ1) is 18.1. The molecule has 3 heterocycles. The molecule has 2 unspecified atom stereocenters. The number of nitrogens with zero attached hydrogens (tertiary/aromatic N) is 4. The zero-order chi connectivity index (χ0) is 20.0. The van der Waals surface area contributed by atoms with E-state index in [9.17, 15) is 19.7 Å². The lowest BCUT2D eigenvalue weighted by Crippen LogP contribution is -2.57. The molecular weight excluding hydrogens is 362 g/mol. The number of aromatic amines is 1. The Morgan fingerprint density at radius 2 is 1.82 bits per heavy atom. The number of carbonyl (C=O) groups is 2. The normalized spacial score (nSPS) is 21.1. The molecule has 1 aromatic heterocycles. The molecule has 28 heavy (non-hydrogen) atoms. The lowest BCUT2D eigenvalue weighted by molar-refractivity contribution is -0.385. The van der Waals surface area contributed by atoms with Crippen LogP contribution in [0.5, 0.6) is 0 Å². The average molecular weight is 383 g/mol. The first-order chi connectivity index (χ1) is 13.4. The number of likely N-dealkylation sites (tertiary alicyclic amines) is 1. The molecule has 2 aliphatic heterocycles. The van der Waals surface area contributed by atoms with Crippen molar-refractivity contribution in [2.75, 3.05) is 13.1 Å². The Balaban J connectivity index is 1.57. The molecule has 146 valence electrons. The summed E-state index contributed by atoms with van der Waals surface area (Å²) >= 11 is 0. The Labute approximate surface area is 161 Å². The second kappa shape index (κ2) is 6.74. The highest BCUT2D eigenvalue weighted by atomic mass is 16.6. The molecule has 2 fully saturated rings. The van der Waals surface area contributed by atoms with E-state index in [0.29, 0.717) is 29.9 Å². The minimum atomic E-state index is -0.462. The summed E-state index contributed by atoms with van der Waals surface area (Å²) in [5.74, 6) is -0.314. The predicted molar refractivity (Wildman–Crippen MR) is 100 cm³/mol. The zero-order valence-electron chi connectivity index (χ0n) is 15.7. The van der Waals surface area contributed by atoms with E-state index in [1.54, 1.807) is 24.8 Å². The van der Waals surface area contributed by atoms with Crippen LogP contribution in [-0.4, -0.2) is 61.7 Å². The number of H-pyrrole nitrogens is 1. The molecule has 2 amide bonds. The number of nitrogens with one attached hydrogen (secondary N) is 1. The fourth-order valence-electron chi connectivity index (χ4n) is 4.35. The van der Waals surface area contributed by atoms with Crippen LogP contribution in [0.1, 0.15) is 44.8 Å². The second-order valence-corrected chi connectivity index (χ2v) is 7.48. The standard InChI is InChI=1S/C19H21N5O4/c1-11-5-12(2)17(24(27)28)6-15(11)18(25)22-8-13-3-4-14(9-22)23(13)19(26)16-7-20-10-21-16/h5-7,10,13-14H,3-4,8-9H2,1-2H3,(H,20,21). The van der Waals surface area contributed by atoms with Gasteiger partial charge in [-0.05, 0) is 38.3 Å². The molecule has 1 N–H and O–H groups in total. The van der Waals surface area contributed by atoms with Crippen molar-refractivity contribution in [1.82, 2.24) is 19.8 Å². The number of nitro groups is 1.